The van der Waals surface area contributed by atoms with E-state index in [1.165, 1.54) is 26.0 Å². The molecule has 1 aliphatic rings. The molecule has 1 heterocycles. The van der Waals surface area contributed by atoms with Gasteiger partial charge in [0.2, 0.25) is 0 Å². The van der Waals surface area contributed by atoms with Crippen LogP contribution in [0.4, 0.5) is 8.78 Å². The Morgan fingerprint density at radius 2 is 1.94 bits per heavy atom. The van der Waals surface area contributed by atoms with Gasteiger partial charge in [-0.3, -0.25) is 0 Å². The number of hydrogen-bond donors (Lipinski definition) is 1. The molecule has 0 aliphatic carbocycles. The molecule has 1 aliphatic heterocycles. The monoisotopic (exact) mass is 255 g/mol. The number of rotatable bonds is 3. The fourth-order valence-corrected chi connectivity index (χ4v) is 2.05. The zero-order valence-corrected chi connectivity index (χ0v) is 10.7. The second-order valence-corrected chi connectivity index (χ2v) is 4.98. The fraction of sp³-hybridized carbons (Fsp3) is 0.571. The maximum atomic E-state index is 13.8. The molecule has 1 unspecified atom stereocenters. The van der Waals surface area contributed by atoms with E-state index in [1.807, 2.05) is 0 Å². The van der Waals surface area contributed by atoms with E-state index in [9.17, 15) is 8.78 Å². The molecule has 100 valence electrons. The Hall–Kier alpha value is -1.00. The summed E-state index contributed by atoms with van der Waals surface area (Å²) in [6.07, 6.45) is 0. The number of halogens is 2. The molecule has 1 aromatic carbocycles. The molecule has 1 atom stereocenters. The lowest BCUT2D eigenvalue weighted by molar-refractivity contribution is -0.0514. The van der Waals surface area contributed by atoms with Crippen molar-refractivity contribution in [2.24, 2.45) is 5.92 Å². The van der Waals surface area contributed by atoms with Gasteiger partial charge in [0.15, 0.2) is 0 Å². The quantitative estimate of drug-likeness (QED) is 0.896. The zero-order chi connectivity index (χ0) is 13.2. The summed E-state index contributed by atoms with van der Waals surface area (Å²) >= 11 is 0. The number of alkyl halides is 2. The van der Waals surface area contributed by atoms with E-state index in [0.717, 1.165) is 12.1 Å². The summed E-state index contributed by atoms with van der Waals surface area (Å²) in [7, 11) is 0. The number of hydrogen-bond acceptors (Lipinski definition) is 2. The van der Waals surface area contributed by atoms with Crippen molar-refractivity contribution < 1.29 is 13.5 Å². The van der Waals surface area contributed by atoms with Crippen molar-refractivity contribution in [3.05, 3.63) is 35.4 Å². The summed E-state index contributed by atoms with van der Waals surface area (Å²) < 4.78 is 33.0. The van der Waals surface area contributed by atoms with Gasteiger partial charge in [-0.1, -0.05) is 38.1 Å². The molecule has 1 N–H and O–H groups in total. The highest BCUT2D eigenvalue weighted by Gasteiger charge is 2.35. The number of ether oxygens (including phenoxy) is 1. The predicted molar refractivity (Wildman–Crippen MR) is 66.7 cm³/mol. The van der Waals surface area contributed by atoms with Crippen molar-refractivity contribution in [3.8, 4) is 0 Å². The van der Waals surface area contributed by atoms with Crippen LogP contribution < -0.4 is 5.32 Å². The van der Waals surface area contributed by atoms with Crippen LogP contribution >= 0.6 is 0 Å². The third kappa shape index (κ3) is 2.70. The Bertz CT molecular complexity index is 383. The maximum absolute atomic E-state index is 13.8. The van der Waals surface area contributed by atoms with Crippen LogP contribution in [0.5, 0.6) is 0 Å². The average Bonchev–Trinajstić information content (AvgIpc) is 2.40. The van der Waals surface area contributed by atoms with Gasteiger partial charge in [-0.2, -0.15) is 0 Å². The minimum Gasteiger partial charge on any atom is -0.378 e. The Balaban J connectivity index is 2.14. The van der Waals surface area contributed by atoms with Crippen LogP contribution in [0.15, 0.2) is 24.3 Å². The molecule has 1 aromatic rings. The lowest BCUT2D eigenvalue weighted by Crippen LogP contribution is -2.34. The normalized spacial score (nSPS) is 21.3. The highest BCUT2D eigenvalue weighted by molar-refractivity contribution is 5.28. The topological polar surface area (TPSA) is 21.3 Å². The zero-order valence-electron chi connectivity index (χ0n) is 10.7. The summed E-state index contributed by atoms with van der Waals surface area (Å²) in [6, 6.07) is 6.67. The molecule has 0 bridgehead atoms. The molecule has 4 heteroatoms. The van der Waals surface area contributed by atoms with Gasteiger partial charge in [-0.25, -0.2) is 8.78 Å². The molecular formula is C14H19F2NO. The summed E-state index contributed by atoms with van der Waals surface area (Å²) in [5.41, 5.74) is 1.08. The van der Waals surface area contributed by atoms with Crippen molar-refractivity contribution in [1.82, 2.24) is 5.32 Å². The largest absolute Gasteiger partial charge is 0.378 e. The summed E-state index contributed by atoms with van der Waals surface area (Å²) in [5.74, 6) is -3.46. The van der Waals surface area contributed by atoms with Gasteiger partial charge < -0.3 is 10.1 Å². The third-order valence-corrected chi connectivity index (χ3v) is 3.34. The van der Waals surface area contributed by atoms with Crippen molar-refractivity contribution in [3.63, 3.8) is 0 Å². The molecule has 0 aromatic heterocycles. The lowest BCUT2D eigenvalue weighted by Gasteiger charge is -2.25. The van der Waals surface area contributed by atoms with E-state index >= 15 is 0 Å². The second kappa shape index (κ2) is 5.33. The molecular weight excluding hydrogens is 236 g/mol. The SMILES string of the molecule is CC(C)C(F)(F)c1ccc(C2COCCN2)cc1. The lowest BCUT2D eigenvalue weighted by atomic mass is 9.95. The summed E-state index contributed by atoms with van der Waals surface area (Å²) in [4.78, 5) is 0. The fourth-order valence-electron chi connectivity index (χ4n) is 2.05. The van der Waals surface area contributed by atoms with E-state index in [4.69, 9.17) is 4.74 Å². The molecule has 2 rings (SSSR count). The van der Waals surface area contributed by atoms with Crippen LogP contribution in [0.3, 0.4) is 0 Å². The first kappa shape index (κ1) is 13.4. The van der Waals surface area contributed by atoms with Crippen LogP contribution in [0.25, 0.3) is 0 Å². The smallest absolute Gasteiger partial charge is 0.275 e. The van der Waals surface area contributed by atoms with Gasteiger partial charge in [0, 0.05) is 18.0 Å². The van der Waals surface area contributed by atoms with Gasteiger partial charge >= 0.3 is 0 Å². The van der Waals surface area contributed by atoms with E-state index in [2.05, 4.69) is 5.32 Å². The maximum Gasteiger partial charge on any atom is 0.275 e. The van der Waals surface area contributed by atoms with Gasteiger partial charge in [0.1, 0.15) is 0 Å². The van der Waals surface area contributed by atoms with Crippen LogP contribution in [-0.4, -0.2) is 19.8 Å². The van der Waals surface area contributed by atoms with E-state index in [0.29, 0.717) is 13.2 Å². The van der Waals surface area contributed by atoms with Gasteiger partial charge in [-0.05, 0) is 5.56 Å². The minimum absolute atomic E-state index is 0.0815. The third-order valence-electron chi connectivity index (χ3n) is 3.34. The molecule has 2 nitrogen and oxygen atoms in total. The minimum atomic E-state index is -2.77. The molecule has 0 saturated carbocycles. The van der Waals surface area contributed by atoms with E-state index < -0.39 is 11.8 Å². The molecule has 18 heavy (non-hydrogen) atoms. The van der Waals surface area contributed by atoms with Gasteiger partial charge in [0.25, 0.3) is 5.92 Å². The van der Waals surface area contributed by atoms with Crippen molar-refractivity contribution in [1.29, 1.82) is 0 Å². The first-order chi connectivity index (χ1) is 8.51. The van der Waals surface area contributed by atoms with Crippen LogP contribution in [0.1, 0.15) is 31.0 Å². The van der Waals surface area contributed by atoms with E-state index in [1.54, 1.807) is 12.1 Å². The van der Waals surface area contributed by atoms with Gasteiger partial charge in [-0.15, -0.1) is 0 Å². The number of nitrogens with one attached hydrogen (secondary N) is 1. The molecule has 0 spiro atoms. The first-order valence-corrected chi connectivity index (χ1v) is 6.31. The molecule has 0 radical (unpaired) electrons. The van der Waals surface area contributed by atoms with Gasteiger partial charge in [0.05, 0.1) is 19.3 Å². The highest BCUT2D eigenvalue weighted by atomic mass is 19.3. The Morgan fingerprint density at radius 1 is 1.28 bits per heavy atom. The average molecular weight is 255 g/mol. The Kier molecular flexibility index (Phi) is 3.97. The highest BCUT2D eigenvalue weighted by Crippen LogP contribution is 2.35. The first-order valence-electron chi connectivity index (χ1n) is 6.31. The number of benzene rings is 1. The number of morpholine rings is 1. The summed E-state index contributed by atoms with van der Waals surface area (Å²) in [5, 5.41) is 3.30. The predicted octanol–water partition coefficient (Wildman–Crippen LogP) is 3.10. The van der Waals surface area contributed by atoms with Crippen molar-refractivity contribution >= 4 is 0 Å². The van der Waals surface area contributed by atoms with E-state index in [-0.39, 0.29) is 11.6 Å². The standard InChI is InChI=1S/C14H19F2NO/c1-10(2)14(15,16)12-5-3-11(4-6-12)13-9-18-8-7-17-13/h3-6,10,13,17H,7-9H2,1-2H3. The Morgan fingerprint density at radius 3 is 2.44 bits per heavy atom. The van der Waals surface area contributed by atoms with Crippen molar-refractivity contribution in [2.45, 2.75) is 25.8 Å². The molecule has 1 fully saturated rings. The Labute approximate surface area is 106 Å². The van der Waals surface area contributed by atoms with Crippen LogP contribution in [0.2, 0.25) is 0 Å². The van der Waals surface area contributed by atoms with Crippen LogP contribution in [0, 0.1) is 5.92 Å². The molecule has 1 saturated heterocycles. The van der Waals surface area contributed by atoms with Crippen LogP contribution in [-0.2, 0) is 10.7 Å². The second-order valence-electron chi connectivity index (χ2n) is 4.98. The van der Waals surface area contributed by atoms with Crippen molar-refractivity contribution in [2.75, 3.05) is 19.8 Å². The molecule has 0 amide bonds. The summed E-state index contributed by atoms with van der Waals surface area (Å²) in [6.45, 7) is 5.17.